The number of hydrogen-bond donors (Lipinski definition) is 1. The molecule has 3 amide bonds. The highest BCUT2D eigenvalue weighted by Crippen LogP contribution is 2.36. The Bertz CT molecular complexity index is 1300. The van der Waals surface area contributed by atoms with Crippen LogP contribution in [0.2, 0.25) is 0 Å². The molecule has 11 heteroatoms. The van der Waals surface area contributed by atoms with Gasteiger partial charge in [-0.2, -0.15) is 5.10 Å². The fraction of sp³-hybridized carbons (Fsp3) is 0.538. The van der Waals surface area contributed by atoms with E-state index in [1.54, 1.807) is 39.3 Å². The lowest BCUT2D eigenvalue weighted by molar-refractivity contribution is -0.124. The summed E-state index contributed by atoms with van der Waals surface area (Å²) in [7, 11) is -3.94. The first-order chi connectivity index (χ1) is 17.1. The molecule has 0 atom stereocenters. The van der Waals surface area contributed by atoms with Gasteiger partial charge in [0.15, 0.2) is 0 Å². The molecule has 10 nitrogen and oxygen atoms in total. The summed E-state index contributed by atoms with van der Waals surface area (Å²) in [5, 5.41) is 7.20. The molecule has 2 heterocycles. The lowest BCUT2D eigenvalue weighted by Crippen LogP contribution is -2.34. The Hall–Kier alpha value is -3.21. The van der Waals surface area contributed by atoms with Crippen molar-refractivity contribution in [1.29, 1.82) is 0 Å². The van der Waals surface area contributed by atoms with Crippen LogP contribution in [0.5, 0.6) is 0 Å². The van der Waals surface area contributed by atoms with E-state index in [1.807, 2.05) is 13.8 Å². The smallest absolute Gasteiger partial charge is 0.407 e. The van der Waals surface area contributed by atoms with Crippen LogP contribution in [0.15, 0.2) is 34.1 Å². The van der Waals surface area contributed by atoms with E-state index in [1.165, 1.54) is 24.3 Å². The SMILES string of the molecule is CCc1nn(CCNC(=O)OC(C)(C)C)c(CC)c1S(=O)(=O)c1ccc(N2C(=O)CC(C)(C)C2=O)cc1. The predicted octanol–water partition coefficient (Wildman–Crippen LogP) is 3.65. The molecule has 2 aromatic rings. The quantitative estimate of drug-likeness (QED) is 0.514. The zero-order valence-corrected chi connectivity index (χ0v) is 23.4. The van der Waals surface area contributed by atoms with E-state index in [4.69, 9.17) is 4.74 Å². The number of amides is 3. The third kappa shape index (κ3) is 5.87. The number of hydrogen-bond acceptors (Lipinski definition) is 7. The summed E-state index contributed by atoms with van der Waals surface area (Å²) >= 11 is 0. The number of alkyl carbamates (subject to hydrolysis) is 1. The Morgan fingerprint density at radius 1 is 1.11 bits per heavy atom. The molecule has 0 bridgehead atoms. The van der Waals surface area contributed by atoms with E-state index in [0.717, 1.165) is 4.90 Å². The summed E-state index contributed by atoms with van der Waals surface area (Å²) in [6.45, 7) is 12.9. The van der Waals surface area contributed by atoms with Crippen LogP contribution >= 0.6 is 0 Å². The monoisotopic (exact) mass is 532 g/mol. The molecular weight excluding hydrogens is 496 g/mol. The van der Waals surface area contributed by atoms with Crippen molar-refractivity contribution in [2.45, 2.75) is 89.7 Å². The molecule has 0 aliphatic carbocycles. The van der Waals surface area contributed by atoms with E-state index in [2.05, 4.69) is 10.4 Å². The molecule has 0 unspecified atom stereocenters. The van der Waals surface area contributed by atoms with Crippen LogP contribution in [0.1, 0.15) is 66.3 Å². The van der Waals surface area contributed by atoms with E-state index < -0.39 is 26.9 Å². The van der Waals surface area contributed by atoms with Crippen molar-refractivity contribution in [1.82, 2.24) is 15.1 Å². The van der Waals surface area contributed by atoms with Gasteiger partial charge in [0, 0.05) is 13.0 Å². The zero-order valence-electron chi connectivity index (χ0n) is 22.5. The van der Waals surface area contributed by atoms with Gasteiger partial charge >= 0.3 is 6.09 Å². The minimum atomic E-state index is -3.94. The number of aryl methyl sites for hydroxylation is 1. The minimum Gasteiger partial charge on any atom is -0.444 e. The number of benzene rings is 1. The van der Waals surface area contributed by atoms with E-state index >= 15 is 0 Å². The number of imide groups is 1. The maximum Gasteiger partial charge on any atom is 0.407 e. The first-order valence-electron chi connectivity index (χ1n) is 12.4. The molecule has 202 valence electrons. The highest BCUT2D eigenvalue weighted by atomic mass is 32.2. The number of nitrogens with one attached hydrogen (secondary N) is 1. The molecule has 1 fully saturated rings. The number of sulfone groups is 1. The summed E-state index contributed by atoms with van der Waals surface area (Å²) in [5.41, 5.74) is -0.0959. The van der Waals surface area contributed by atoms with Crippen molar-refractivity contribution in [3.63, 3.8) is 0 Å². The largest absolute Gasteiger partial charge is 0.444 e. The van der Waals surface area contributed by atoms with Gasteiger partial charge in [-0.15, -0.1) is 0 Å². The van der Waals surface area contributed by atoms with E-state index in [0.29, 0.717) is 29.9 Å². The topological polar surface area (TPSA) is 128 Å². The Kier molecular flexibility index (Phi) is 7.88. The summed E-state index contributed by atoms with van der Waals surface area (Å²) in [5.74, 6) is -0.621. The van der Waals surface area contributed by atoms with Crippen LogP contribution in [0.3, 0.4) is 0 Å². The van der Waals surface area contributed by atoms with Gasteiger partial charge in [-0.05, 0) is 57.9 Å². The van der Waals surface area contributed by atoms with Gasteiger partial charge in [0.2, 0.25) is 21.7 Å². The van der Waals surface area contributed by atoms with Gasteiger partial charge in [-0.25, -0.2) is 13.2 Å². The van der Waals surface area contributed by atoms with Crippen LogP contribution in [-0.2, 0) is 43.5 Å². The number of carbonyl (C=O) groups is 3. The molecule has 1 aromatic heterocycles. The maximum absolute atomic E-state index is 13.7. The Morgan fingerprint density at radius 3 is 2.22 bits per heavy atom. The van der Waals surface area contributed by atoms with Crippen LogP contribution in [-0.4, -0.2) is 48.3 Å². The van der Waals surface area contributed by atoms with E-state index in [9.17, 15) is 22.8 Å². The average molecular weight is 533 g/mol. The second-order valence-corrected chi connectivity index (χ2v) is 12.6. The van der Waals surface area contributed by atoms with Crippen LogP contribution < -0.4 is 10.2 Å². The fourth-order valence-corrected chi connectivity index (χ4v) is 6.07. The molecule has 1 saturated heterocycles. The van der Waals surface area contributed by atoms with Gasteiger partial charge in [0.25, 0.3) is 0 Å². The molecule has 0 saturated carbocycles. The minimum absolute atomic E-state index is 0.0467. The summed E-state index contributed by atoms with van der Waals surface area (Å²) in [6, 6.07) is 5.79. The number of ether oxygens (including phenoxy) is 1. The van der Waals surface area contributed by atoms with E-state index in [-0.39, 0.29) is 41.1 Å². The predicted molar refractivity (Wildman–Crippen MR) is 138 cm³/mol. The average Bonchev–Trinajstić information content (AvgIpc) is 3.25. The first-order valence-corrected chi connectivity index (χ1v) is 13.9. The number of rotatable bonds is 8. The third-order valence-electron chi connectivity index (χ3n) is 6.04. The van der Waals surface area contributed by atoms with Gasteiger partial charge in [-0.1, -0.05) is 27.7 Å². The highest BCUT2D eigenvalue weighted by Gasteiger charge is 2.45. The van der Waals surface area contributed by atoms with Crippen molar-refractivity contribution in [2.24, 2.45) is 5.41 Å². The standard InChI is InChI=1S/C26H36N4O6S/c1-8-19-22(20(9-2)29(28-19)15-14-27-24(33)36-25(3,4)5)37(34,35)18-12-10-17(11-13-18)30-21(31)16-26(6,7)23(30)32/h10-13H,8-9,14-16H2,1-7H3,(H,27,33). The number of nitrogens with zero attached hydrogens (tertiary/aromatic N) is 3. The molecule has 0 spiro atoms. The Balaban J connectivity index is 1.87. The van der Waals surface area contributed by atoms with Crippen molar-refractivity contribution in [2.75, 3.05) is 11.4 Å². The normalized spacial score (nSPS) is 15.8. The molecule has 1 N–H and O–H groups in total. The van der Waals surface area contributed by atoms with Crippen molar-refractivity contribution in [3.05, 3.63) is 35.7 Å². The Labute approximate surface area is 218 Å². The number of anilines is 1. The molecule has 1 aliphatic heterocycles. The van der Waals surface area contributed by atoms with Gasteiger partial charge in [0.1, 0.15) is 10.5 Å². The zero-order chi connectivity index (χ0) is 27.8. The molecule has 3 rings (SSSR count). The summed E-state index contributed by atoms with van der Waals surface area (Å²) < 4.78 is 34.3. The highest BCUT2D eigenvalue weighted by molar-refractivity contribution is 7.91. The maximum atomic E-state index is 13.7. The van der Waals surface area contributed by atoms with Crippen LogP contribution in [0.25, 0.3) is 0 Å². The molecular formula is C26H36N4O6S. The summed E-state index contributed by atoms with van der Waals surface area (Å²) in [6.07, 6.45) is 0.364. The molecule has 1 aliphatic rings. The first kappa shape index (κ1) is 28.4. The molecule has 0 radical (unpaired) electrons. The van der Waals surface area contributed by atoms with Crippen LogP contribution in [0, 0.1) is 5.41 Å². The van der Waals surface area contributed by atoms with Crippen molar-refractivity contribution < 1.29 is 27.5 Å². The fourth-order valence-electron chi connectivity index (χ4n) is 4.28. The van der Waals surface area contributed by atoms with Gasteiger partial charge in [-0.3, -0.25) is 19.2 Å². The summed E-state index contributed by atoms with van der Waals surface area (Å²) in [4.78, 5) is 38.3. The lowest BCUT2D eigenvalue weighted by Gasteiger charge is -2.19. The third-order valence-corrected chi connectivity index (χ3v) is 7.94. The van der Waals surface area contributed by atoms with Crippen molar-refractivity contribution >= 4 is 33.4 Å². The number of carbonyl (C=O) groups excluding carboxylic acids is 3. The van der Waals surface area contributed by atoms with Gasteiger partial charge in [0.05, 0.1) is 33.9 Å². The number of aromatic nitrogens is 2. The Morgan fingerprint density at radius 2 is 1.73 bits per heavy atom. The molecule has 1 aromatic carbocycles. The lowest BCUT2D eigenvalue weighted by atomic mass is 9.92. The second-order valence-electron chi connectivity index (χ2n) is 10.7. The second kappa shape index (κ2) is 10.3. The van der Waals surface area contributed by atoms with Crippen LogP contribution in [0.4, 0.5) is 10.5 Å². The van der Waals surface area contributed by atoms with Gasteiger partial charge < -0.3 is 10.1 Å². The molecule has 37 heavy (non-hydrogen) atoms. The van der Waals surface area contributed by atoms with Crippen molar-refractivity contribution in [3.8, 4) is 0 Å².